The summed E-state index contributed by atoms with van der Waals surface area (Å²) in [5.41, 5.74) is 13.2. The number of rotatable bonds is 7. The fourth-order valence-corrected chi connectivity index (χ4v) is 7.11. The van der Waals surface area contributed by atoms with Gasteiger partial charge in [-0.05, 0) is 79.3 Å². The third-order valence-corrected chi connectivity index (χ3v) is 9.46. The van der Waals surface area contributed by atoms with Crippen molar-refractivity contribution in [3.63, 3.8) is 0 Å². The topological polar surface area (TPSA) is 32.0 Å². The molecule has 5 heteroatoms. The van der Waals surface area contributed by atoms with Crippen molar-refractivity contribution >= 4 is 21.8 Å². The second-order valence-corrected chi connectivity index (χ2v) is 14.8. The van der Waals surface area contributed by atoms with Gasteiger partial charge in [0.05, 0.1) is 5.69 Å². The van der Waals surface area contributed by atoms with Crippen molar-refractivity contribution in [3.05, 3.63) is 137 Å². The minimum absolute atomic E-state index is 0. The fourth-order valence-electron chi connectivity index (χ4n) is 7.11. The van der Waals surface area contributed by atoms with Crippen LogP contribution in [0.5, 0.6) is 11.5 Å². The van der Waals surface area contributed by atoms with E-state index < -0.39 is 0 Å². The van der Waals surface area contributed by atoms with Crippen LogP contribution in [0.25, 0.3) is 44.3 Å². The van der Waals surface area contributed by atoms with E-state index in [0.29, 0.717) is 17.4 Å². The fraction of sp³-hybridized carbons (Fsp3) is 0.267. The Kier molecular flexibility index (Phi) is 9.72. The molecule has 0 unspecified atom stereocenters. The van der Waals surface area contributed by atoms with Crippen molar-refractivity contribution in [2.45, 2.75) is 74.1 Å². The molecule has 7 aromatic rings. The van der Waals surface area contributed by atoms with Gasteiger partial charge in [-0.3, -0.25) is 4.68 Å². The van der Waals surface area contributed by atoms with E-state index in [1.54, 1.807) is 0 Å². The summed E-state index contributed by atoms with van der Waals surface area (Å²) in [4.78, 5) is 0. The summed E-state index contributed by atoms with van der Waals surface area (Å²) < 4.78 is 10.9. The molecule has 0 N–H and O–H groups in total. The van der Waals surface area contributed by atoms with Gasteiger partial charge >= 0.3 is 0 Å². The molecule has 0 atom stereocenters. The first kappa shape index (κ1) is 35.4. The van der Waals surface area contributed by atoms with E-state index in [2.05, 4.69) is 158 Å². The van der Waals surface area contributed by atoms with Crippen LogP contribution >= 0.6 is 0 Å². The van der Waals surface area contributed by atoms with Crippen molar-refractivity contribution in [2.75, 3.05) is 0 Å². The number of aromatic nitrogens is 3. The molecular weight excluding hydrogens is 794 g/mol. The summed E-state index contributed by atoms with van der Waals surface area (Å²) in [6, 6.07) is 40.6. The molecule has 7 rings (SSSR count). The van der Waals surface area contributed by atoms with Crippen LogP contribution < -0.4 is 4.74 Å². The summed E-state index contributed by atoms with van der Waals surface area (Å²) in [6.07, 6.45) is 1.01. The average molecular weight is 838 g/mol. The average Bonchev–Trinajstić information content (AvgIpc) is 3.53. The molecule has 0 radical (unpaired) electrons. The molecule has 0 spiro atoms. The van der Waals surface area contributed by atoms with Crippen molar-refractivity contribution in [1.29, 1.82) is 0 Å². The monoisotopic (exact) mass is 837 g/mol. The number of nitrogens with zero attached hydrogens (tertiary/aromatic N) is 3. The van der Waals surface area contributed by atoms with E-state index in [1.165, 1.54) is 33.2 Å². The van der Waals surface area contributed by atoms with Gasteiger partial charge in [-0.15, -0.1) is 47.3 Å². The Morgan fingerprint density at radius 2 is 1.50 bits per heavy atom. The number of hydrogen-bond donors (Lipinski definition) is 0. The molecule has 258 valence electrons. The van der Waals surface area contributed by atoms with Gasteiger partial charge in [0.25, 0.3) is 0 Å². The number of hydrogen-bond acceptors (Lipinski definition) is 2. The van der Waals surface area contributed by atoms with Gasteiger partial charge in [0.1, 0.15) is 0 Å². The number of para-hydroxylation sites is 1. The zero-order chi connectivity index (χ0) is 34.6. The Morgan fingerprint density at radius 3 is 2.22 bits per heavy atom. The molecular formula is C45H44N3OPt-3. The SMILES string of the molecule is Cc1cccc(C)c1-c1c(C)nn(-c2[c-]c(Oc3[c-]c4c(cc3)c3ccccc3n4-c3[c-]ccc(CC(C)C)c3)cc(C(C)(C)C)c2)c1C.[Pt]. The van der Waals surface area contributed by atoms with Gasteiger partial charge in [0, 0.05) is 49.3 Å². The zero-order valence-electron chi connectivity index (χ0n) is 30.4. The van der Waals surface area contributed by atoms with Gasteiger partial charge in [-0.1, -0.05) is 82.2 Å². The van der Waals surface area contributed by atoms with Gasteiger partial charge in [-0.25, -0.2) is 0 Å². The van der Waals surface area contributed by atoms with E-state index in [4.69, 9.17) is 9.84 Å². The molecule has 0 aliphatic heterocycles. The summed E-state index contributed by atoms with van der Waals surface area (Å²) in [6.45, 7) is 19.8. The molecule has 0 aliphatic rings. The van der Waals surface area contributed by atoms with Gasteiger partial charge < -0.3 is 9.30 Å². The smallest absolute Gasteiger partial charge is 0.0678 e. The van der Waals surface area contributed by atoms with Crippen molar-refractivity contribution in [1.82, 2.24) is 14.3 Å². The quantitative estimate of drug-likeness (QED) is 0.150. The second-order valence-electron chi connectivity index (χ2n) is 14.8. The Morgan fingerprint density at radius 1 is 0.760 bits per heavy atom. The molecule has 0 aliphatic carbocycles. The van der Waals surface area contributed by atoms with Gasteiger partial charge in [-0.2, -0.15) is 34.9 Å². The normalized spacial score (nSPS) is 11.8. The summed E-state index contributed by atoms with van der Waals surface area (Å²) in [5.74, 6) is 1.83. The van der Waals surface area contributed by atoms with Crippen LogP contribution in [0.2, 0.25) is 0 Å². The number of benzene rings is 5. The molecule has 0 saturated heterocycles. The van der Waals surface area contributed by atoms with Crippen LogP contribution in [0, 0.1) is 51.8 Å². The Hall–Kier alpha value is -4.40. The number of fused-ring (bicyclic) bond motifs is 3. The molecule has 2 heterocycles. The molecule has 50 heavy (non-hydrogen) atoms. The van der Waals surface area contributed by atoms with E-state index >= 15 is 0 Å². The third-order valence-electron chi connectivity index (χ3n) is 9.46. The van der Waals surface area contributed by atoms with E-state index in [9.17, 15) is 0 Å². The molecule has 0 fully saturated rings. The Balaban J connectivity index is 0.00000432. The van der Waals surface area contributed by atoms with Crippen molar-refractivity contribution in [2.24, 2.45) is 5.92 Å². The third kappa shape index (κ3) is 6.59. The first-order valence-corrected chi connectivity index (χ1v) is 17.2. The minimum Gasteiger partial charge on any atom is -0.509 e. The van der Waals surface area contributed by atoms with Crippen LogP contribution in [-0.4, -0.2) is 14.3 Å². The maximum absolute atomic E-state index is 6.67. The molecule has 2 aromatic heterocycles. The Bertz CT molecular complexity index is 2330. The predicted octanol–water partition coefficient (Wildman–Crippen LogP) is 11.6. The maximum atomic E-state index is 6.67. The predicted molar refractivity (Wildman–Crippen MR) is 203 cm³/mol. The van der Waals surface area contributed by atoms with Crippen LogP contribution in [0.15, 0.2) is 84.9 Å². The molecule has 0 amide bonds. The Labute approximate surface area is 311 Å². The zero-order valence-corrected chi connectivity index (χ0v) is 32.7. The second kappa shape index (κ2) is 13.7. The number of ether oxygens (including phenoxy) is 1. The first-order valence-electron chi connectivity index (χ1n) is 17.2. The van der Waals surface area contributed by atoms with Crippen molar-refractivity contribution in [3.8, 4) is 34.0 Å². The van der Waals surface area contributed by atoms with E-state index in [0.717, 1.165) is 51.2 Å². The first-order chi connectivity index (χ1) is 23.4. The number of aryl methyl sites for hydroxylation is 3. The van der Waals surface area contributed by atoms with Crippen molar-refractivity contribution < 1.29 is 25.8 Å². The van der Waals surface area contributed by atoms with Crippen LogP contribution in [0.4, 0.5) is 0 Å². The summed E-state index contributed by atoms with van der Waals surface area (Å²) >= 11 is 0. The standard InChI is InChI=1S/C45H44N3O.Pt/c1-28(2)22-33-16-13-17-35(23-33)47-41-19-11-10-18-39(41)40-21-20-37(27-42(40)47)49-38-25-34(45(7,8)9)24-36(26-38)48-32(6)44(31(5)46-48)43-29(3)14-12-15-30(43)4;/h10-16,18-21,23-25,28H,22H2,1-9H3;/q-3;. The van der Waals surface area contributed by atoms with Crippen LogP contribution in [0.3, 0.4) is 0 Å². The van der Waals surface area contributed by atoms with Gasteiger partial charge in [0.2, 0.25) is 0 Å². The van der Waals surface area contributed by atoms with Gasteiger partial charge in [0.15, 0.2) is 0 Å². The van der Waals surface area contributed by atoms with E-state index in [1.807, 2.05) is 16.8 Å². The summed E-state index contributed by atoms with van der Waals surface area (Å²) in [5, 5.41) is 7.36. The molecule has 0 saturated carbocycles. The van der Waals surface area contributed by atoms with E-state index in [-0.39, 0.29) is 26.5 Å². The maximum Gasteiger partial charge on any atom is 0.0678 e. The minimum atomic E-state index is -0.121. The largest absolute Gasteiger partial charge is 0.509 e. The molecule has 4 nitrogen and oxygen atoms in total. The molecule has 0 bridgehead atoms. The van der Waals surface area contributed by atoms with Crippen LogP contribution in [-0.2, 0) is 32.9 Å². The molecule has 5 aromatic carbocycles. The summed E-state index contributed by atoms with van der Waals surface area (Å²) in [7, 11) is 0. The van der Waals surface area contributed by atoms with Crippen LogP contribution in [0.1, 0.15) is 68.3 Å².